The Kier molecular flexibility index (Phi) is 5.64. The van der Waals surface area contributed by atoms with E-state index in [0.29, 0.717) is 32.0 Å². The summed E-state index contributed by atoms with van der Waals surface area (Å²) >= 11 is 0. The van der Waals surface area contributed by atoms with Crippen LogP contribution >= 0.6 is 0 Å². The van der Waals surface area contributed by atoms with Crippen molar-refractivity contribution in [3.05, 3.63) is 84.2 Å². The first kappa shape index (κ1) is 18.2. The topological polar surface area (TPSA) is 36.9 Å². The second-order valence-electron chi connectivity index (χ2n) is 6.61. The molecule has 1 fully saturated rings. The smallest absolute Gasteiger partial charge is 0.147 e. The Labute approximate surface area is 164 Å². The quantitative estimate of drug-likeness (QED) is 0.626. The molecule has 0 atom stereocenters. The molecule has 0 amide bonds. The van der Waals surface area contributed by atoms with Gasteiger partial charge in [-0.3, -0.25) is 4.99 Å². The van der Waals surface area contributed by atoms with Crippen LogP contribution in [-0.4, -0.2) is 32.5 Å². The SMILES string of the molecule is Fc1cc(C=Nc2ccc(Nc3ccccc3)cc2)ccc1N1CCOCC1. The average molecular weight is 375 g/mol. The number of rotatable bonds is 5. The Morgan fingerprint density at radius 1 is 0.893 bits per heavy atom. The van der Waals surface area contributed by atoms with Crippen molar-refractivity contribution in [1.82, 2.24) is 0 Å². The van der Waals surface area contributed by atoms with Crippen molar-refractivity contribution in [3.8, 4) is 0 Å². The van der Waals surface area contributed by atoms with Crippen molar-refractivity contribution < 1.29 is 9.13 Å². The molecule has 1 aliphatic heterocycles. The lowest BCUT2D eigenvalue weighted by atomic mass is 10.2. The minimum absolute atomic E-state index is 0.228. The highest BCUT2D eigenvalue weighted by molar-refractivity contribution is 5.83. The zero-order valence-corrected chi connectivity index (χ0v) is 15.5. The maximum Gasteiger partial charge on any atom is 0.147 e. The monoisotopic (exact) mass is 375 g/mol. The van der Waals surface area contributed by atoms with E-state index in [-0.39, 0.29) is 5.82 Å². The molecule has 28 heavy (non-hydrogen) atoms. The third-order valence-electron chi connectivity index (χ3n) is 4.62. The summed E-state index contributed by atoms with van der Waals surface area (Å²) in [5.41, 5.74) is 4.20. The van der Waals surface area contributed by atoms with Crippen LogP contribution in [0.1, 0.15) is 5.56 Å². The van der Waals surface area contributed by atoms with Crippen LogP contribution < -0.4 is 10.2 Å². The Morgan fingerprint density at radius 2 is 1.61 bits per heavy atom. The van der Waals surface area contributed by atoms with E-state index in [1.807, 2.05) is 71.6 Å². The van der Waals surface area contributed by atoms with Crippen LogP contribution in [0.25, 0.3) is 0 Å². The van der Waals surface area contributed by atoms with Crippen LogP contribution in [0.4, 0.5) is 27.1 Å². The molecule has 0 spiro atoms. The molecule has 0 unspecified atom stereocenters. The number of hydrogen-bond donors (Lipinski definition) is 1. The highest BCUT2D eigenvalue weighted by Crippen LogP contribution is 2.23. The van der Waals surface area contributed by atoms with E-state index < -0.39 is 0 Å². The second kappa shape index (κ2) is 8.67. The predicted molar refractivity (Wildman–Crippen MR) is 113 cm³/mol. The van der Waals surface area contributed by atoms with Crippen molar-refractivity contribution in [2.75, 3.05) is 36.5 Å². The number of aliphatic imine (C=N–C) groups is 1. The Hall–Kier alpha value is -3.18. The first-order valence-electron chi connectivity index (χ1n) is 9.36. The number of para-hydroxylation sites is 1. The van der Waals surface area contributed by atoms with E-state index in [9.17, 15) is 4.39 Å². The molecule has 1 heterocycles. The van der Waals surface area contributed by atoms with Crippen molar-refractivity contribution in [3.63, 3.8) is 0 Å². The number of anilines is 3. The molecule has 4 rings (SSSR count). The summed E-state index contributed by atoms with van der Waals surface area (Å²) < 4.78 is 19.8. The maximum absolute atomic E-state index is 14.5. The van der Waals surface area contributed by atoms with E-state index in [1.54, 1.807) is 6.21 Å². The molecule has 3 aromatic carbocycles. The van der Waals surface area contributed by atoms with E-state index in [4.69, 9.17) is 4.74 Å². The van der Waals surface area contributed by atoms with Gasteiger partial charge in [-0.2, -0.15) is 0 Å². The maximum atomic E-state index is 14.5. The largest absolute Gasteiger partial charge is 0.378 e. The predicted octanol–water partition coefficient (Wildman–Crippen LogP) is 5.16. The van der Waals surface area contributed by atoms with Gasteiger partial charge in [0.1, 0.15) is 5.82 Å². The fourth-order valence-corrected chi connectivity index (χ4v) is 3.13. The standard InChI is InChI=1S/C23H22FN3O/c24-22-16-18(6-11-23(22)27-12-14-28-15-13-27)17-25-19-7-9-21(10-8-19)26-20-4-2-1-3-5-20/h1-11,16-17,26H,12-15H2. The van der Waals surface area contributed by atoms with Gasteiger partial charge in [0, 0.05) is 30.7 Å². The van der Waals surface area contributed by atoms with Gasteiger partial charge in [0.05, 0.1) is 24.6 Å². The number of nitrogens with one attached hydrogen (secondary N) is 1. The lowest BCUT2D eigenvalue weighted by Crippen LogP contribution is -2.36. The van der Waals surface area contributed by atoms with E-state index in [2.05, 4.69) is 10.3 Å². The van der Waals surface area contributed by atoms with Gasteiger partial charge < -0.3 is 15.0 Å². The number of hydrogen-bond acceptors (Lipinski definition) is 4. The molecule has 0 aliphatic carbocycles. The first-order valence-corrected chi connectivity index (χ1v) is 9.36. The third kappa shape index (κ3) is 4.56. The number of morpholine rings is 1. The number of benzene rings is 3. The van der Waals surface area contributed by atoms with Gasteiger partial charge in [0.15, 0.2) is 0 Å². The molecule has 0 aromatic heterocycles. The molecule has 0 saturated carbocycles. The van der Waals surface area contributed by atoms with Crippen molar-refractivity contribution in [1.29, 1.82) is 0 Å². The molecule has 0 radical (unpaired) electrons. The number of nitrogens with zero attached hydrogens (tertiary/aromatic N) is 2. The van der Waals surface area contributed by atoms with Gasteiger partial charge in [-0.1, -0.05) is 24.3 Å². The molecule has 142 valence electrons. The van der Waals surface area contributed by atoms with Gasteiger partial charge in [-0.25, -0.2) is 4.39 Å². The van der Waals surface area contributed by atoms with E-state index in [0.717, 1.165) is 22.6 Å². The van der Waals surface area contributed by atoms with E-state index in [1.165, 1.54) is 6.07 Å². The third-order valence-corrected chi connectivity index (χ3v) is 4.62. The second-order valence-corrected chi connectivity index (χ2v) is 6.61. The summed E-state index contributed by atoms with van der Waals surface area (Å²) in [5, 5.41) is 3.33. The molecular formula is C23H22FN3O. The normalized spacial score (nSPS) is 14.4. The van der Waals surface area contributed by atoms with E-state index >= 15 is 0 Å². The molecule has 0 bridgehead atoms. The minimum atomic E-state index is -0.228. The highest BCUT2D eigenvalue weighted by atomic mass is 19.1. The Morgan fingerprint density at radius 3 is 2.32 bits per heavy atom. The summed E-state index contributed by atoms with van der Waals surface area (Å²) in [6.45, 7) is 2.71. The summed E-state index contributed by atoms with van der Waals surface area (Å²) in [7, 11) is 0. The van der Waals surface area contributed by atoms with Gasteiger partial charge >= 0.3 is 0 Å². The highest BCUT2D eigenvalue weighted by Gasteiger charge is 2.14. The minimum Gasteiger partial charge on any atom is -0.378 e. The van der Waals surface area contributed by atoms with Gasteiger partial charge in [0.2, 0.25) is 0 Å². The molecule has 1 aliphatic rings. The number of ether oxygens (including phenoxy) is 1. The van der Waals surface area contributed by atoms with Crippen molar-refractivity contribution in [2.24, 2.45) is 4.99 Å². The van der Waals surface area contributed by atoms with Crippen molar-refractivity contribution in [2.45, 2.75) is 0 Å². The zero-order chi connectivity index (χ0) is 19.2. The molecule has 1 N–H and O–H groups in total. The lowest BCUT2D eigenvalue weighted by Gasteiger charge is -2.29. The van der Waals surface area contributed by atoms with Crippen molar-refractivity contribution >= 4 is 29.0 Å². The first-order chi connectivity index (χ1) is 13.8. The molecule has 3 aromatic rings. The lowest BCUT2D eigenvalue weighted by molar-refractivity contribution is 0.122. The Balaban J connectivity index is 1.41. The average Bonchev–Trinajstić information content (AvgIpc) is 2.75. The Bertz CT molecular complexity index is 936. The zero-order valence-electron chi connectivity index (χ0n) is 15.5. The van der Waals surface area contributed by atoms with Crippen LogP contribution in [-0.2, 0) is 4.74 Å². The van der Waals surface area contributed by atoms with Crippen LogP contribution in [0.2, 0.25) is 0 Å². The molecule has 4 nitrogen and oxygen atoms in total. The van der Waals surface area contributed by atoms with Crippen LogP contribution in [0.15, 0.2) is 77.8 Å². The fraction of sp³-hybridized carbons (Fsp3) is 0.174. The summed E-state index contributed by atoms with van der Waals surface area (Å²) in [4.78, 5) is 6.47. The number of halogens is 1. The van der Waals surface area contributed by atoms with Crippen LogP contribution in [0.5, 0.6) is 0 Å². The fourth-order valence-electron chi connectivity index (χ4n) is 3.13. The molecular weight excluding hydrogens is 353 g/mol. The van der Waals surface area contributed by atoms with Crippen LogP contribution in [0, 0.1) is 5.82 Å². The molecule has 1 saturated heterocycles. The van der Waals surface area contributed by atoms with Crippen LogP contribution in [0.3, 0.4) is 0 Å². The molecule has 5 heteroatoms. The van der Waals surface area contributed by atoms with Gasteiger partial charge in [-0.15, -0.1) is 0 Å². The summed E-state index contributed by atoms with van der Waals surface area (Å²) in [6.07, 6.45) is 1.69. The summed E-state index contributed by atoms with van der Waals surface area (Å²) in [6, 6.07) is 23.0. The van der Waals surface area contributed by atoms with Gasteiger partial charge in [0.25, 0.3) is 0 Å². The summed E-state index contributed by atoms with van der Waals surface area (Å²) in [5.74, 6) is -0.228. The van der Waals surface area contributed by atoms with Gasteiger partial charge in [-0.05, 0) is 54.1 Å².